The first-order chi connectivity index (χ1) is 9.01. The lowest BCUT2D eigenvalue weighted by molar-refractivity contribution is 0.600. The monoisotopic (exact) mass is 357 g/mol. The molecular weight excluding hydrogens is 342 g/mol. The molecule has 2 rings (SSSR count). The molecule has 1 aromatic carbocycles. The number of nitrogens with one attached hydrogen (secondary N) is 1. The zero-order chi connectivity index (χ0) is 14.0. The Labute approximate surface area is 132 Å². The van der Waals surface area contributed by atoms with Gasteiger partial charge in [-0.1, -0.05) is 35.4 Å². The van der Waals surface area contributed by atoms with E-state index < -0.39 is 0 Å². The van der Waals surface area contributed by atoms with Crippen LogP contribution in [-0.4, -0.2) is 7.05 Å². The number of hydrogen-bond acceptors (Lipinski definition) is 2. The van der Waals surface area contributed by atoms with E-state index in [2.05, 4.69) is 53.3 Å². The lowest BCUT2D eigenvalue weighted by atomic mass is 9.98. The number of rotatable bonds is 4. The first-order valence-electron chi connectivity index (χ1n) is 6.19. The second-order valence-corrected chi connectivity index (χ2v) is 7.55. The van der Waals surface area contributed by atoms with Crippen LogP contribution in [0.25, 0.3) is 0 Å². The molecule has 0 saturated heterocycles. The van der Waals surface area contributed by atoms with Crippen molar-refractivity contribution in [3.05, 3.63) is 54.6 Å². The highest BCUT2D eigenvalue weighted by atomic mass is 79.9. The fourth-order valence-corrected chi connectivity index (χ4v) is 3.98. The van der Waals surface area contributed by atoms with Gasteiger partial charge >= 0.3 is 0 Å². The Morgan fingerprint density at radius 2 is 2.05 bits per heavy atom. The van der Waals surface area contributed by atoms with Crippen molar-refractivity contribution in [2.75, 3.05) is 7.05 Å². The van der Waals surface area contributed by atoms with Crippen molar-refractivity contribution in [2.24, 2.45) is 0 Å². The Balaban J connectivity index is 2.26. The molecule has 1 heterocycles. The number of hydrogen-bond donors (Lipinski definition) is 1. The first-order valence-corrected chi connectivity index (χ1v) is 8.18. The van der Waals surface area contributed by atoms with Crippen LogP contribution in [0.15, 0.2) is 28.1 Å². The zero-order valence-electron chi connectivity index (χ0n) is 11.3. The van der Waals surface area contributed by atoms with E-state index in [0.717, 1.165) is 15.2 Å². The van der Waals surface area contributed by atoms with Gasteiger partial charge in [-0.3, -0.25) is 0 Å². The molecular formula is C15H17BrClNS. The van der Waals surface area contributed by atoms with E-state index in [1.165, 1.54) is 21.6 Å². The van der Waals surface area contributed by atoms with E-state index in [1.54, 1.807) is 11.3 Å². The standard InChI is InChI=1S/C15H17BrClNS/c1-9-4-5-10(2)11(6-9)7-13(18-3)14-8-12(17)15(16)19-14/h4-6,8,13,18H,7H2,1-3H3. The average Bonchev–Trinajstić information content (AvgIpc) is 2.70. The topological polar surface area (TPSA) is 12.0 Å². The van der Waals surface area contributed by atoms with Crippen molar-refractivity contribution in [2.45, 2.75) is 26.3 Å². The summed E-state index contributed by atoms with van der Waals surface area (Å²) in [7, 11) is 2.00. The third-order valence-electron chi connectivity index (χ3n) is 3.28. The molecule has 1 N–H and O–H groups in total. The summed E-state index contributed by atoms with van der Waals surface area (Å²) >= 11 is 11.3. The van der Waals surface area contributed by atoms with Gasteiger partial charge in [-0.15, -0.1) is 11.3 Å². The molecule has 102 valence electrons. The predicted octanol–water partition coefficient (Wildman–Crippen LogP) is 5.28. The Bertz CT molecular complexity index is 560. The lowest BCUT2D eigenvalue weighted by Crippen LogP contribution is -2.18. The van der Waals surface area contributed by atoms with Gasteiger partial charge < -0.3 is 5.32 Å². The lowest BCUT2D eigenvalue weighted by Gasteiger charge is -2.16. The molecule has 1 atom stereocenters. The molecule has 0 spiro atoms. The van der Waals surface area contributed by atoms with Crippen molar-refractivity contribution in [3.8, 4) is 0 Å². The second kappa shape index (κ2) is 6.40. The van der Waals surface area contributed by atoms with E-state index in [4.69, 9.17) is 11.6 Å². The number of likely N-dealkylation sites (N-methyl/N-ethyl adjacent to an activating group) is 1. The van der Waals surface area contributed by atoms with Crippen LogP contribution in [-0.2, 0) is 6.42 Å². The third kappa shape index (κ3) is 3.60. The summed E-state index contributed by atoms with van der Waals surface area (Å²) in [6.07, 6.45) is 0.979. The van der Waals surface area contributed by atoms with Crippen LogP contribution in [0.3, 0.4) is 0 Å². The van der Waals surface area contributed by atoms with E-state index >= 15 is 0 Å². The highest BCUT2D eigenvalue weighted by Gasteiger charge is 2.16. The molecule has 2 aromatic rings. The van der Waals surface area contributed by atoms with Gasteiger partial charge in [-0.25, -0.2) is 0 Å². The zero-order valence-corrected chi connectivity index (χ0v) is 14.4. The summed E-state index contributed by atoms with van der Waals surface area (Å²) in [6, 6.07) is 8.96. The van der Waals surface area contributed by atoms with Gasteiger partial charge in [0.25, 0.3) is 0 Å². The van der Waals surface area contributed by atoms with Gasteiger partial charge in [-0.2, -0.15) is 0 Å². The molecule has 0 saturated carbocycles. The van der Waals surface area contributed by atoms with Crippen LogP contribution in [0.1, 0.15) is 27.6 Å². The molecule has 0 aliphatic rings. The maximum absolute atomic E-state index is 6.13. The van der Waals surface area contributed by atoms with Crippen LogP contribution in [0, 0.1) is 13.8 Å². The minimum absolute atomic E-state index is 0.300. The Hall–Kier alpha value is -0.350. The first kappa shape index (κ1) is 15.0. The quantitative estimate of drug-likeness (QED) is 0.783. The third-order valence-corrected chi connectivity index (χ3v) is 5.87. The molecule has 1 aromatic heterocycles. The van der Waals surface area contributed by atoms with Crippen molar-refractivity contribution in [3.63, 3.8) is 0 Å². The average molecular weight is 359 g/mol. The molecule has 1 unspecified atom stereocenters. The SMILES string of the molecule is CNC(Cc1cc(C)ccc1C)c1cc(Cl)c(Br)s1. The Morgan fingerprint density at radius 3 is 2.63 bits per heavy atom. The van der Waals surface area contributed by atoms with E-state index in [9.17, 15) is 0 Å². The molecule has 0 fully saturated rings. The maximum atomic E-state index is 6.13. The molecule has 0 bridgehead atoms. The van der Waals surface area contributed by atoms with E-state index in [1.807, 2.05) is 13.1 Å². The van der Waals surface area contributed by atoms with Gasteiger partial charge in [0.15, 0.2) is 0 Å². The number of halogens is 2. The van der Waals surface area contributed by atoms with Crippen LogP contribution in [0.4, 0.5) is 0 Å². The van der Waals surface area contributed by atoms with Crippen LogP contribution in [0.5, 0.6) is 0 Å². The second-order valence-electron chi connectivity index (χ2n) is 4.75. The summed E-state index contributed by atoms with van der Waals surface area (Å²) < 4.78 is 1.00. The highest BCUT2D eigenvalue weighted by Crippen LogP contribution is 2.36. The van der Waals surface area contributed by atoms with Gasteiger partial charge in [-0.05, 0) is 60.4 Å². The van der Waals surface area contributed by atoms with E-state index in [-0.39, 0.29) is 0 Å². The molecule has 19 heavy (non-hydrogen) atoms. The van der Waals surface area contributed by atoms with Crippen molar-refractivity contribution >= 4 is 38.9 Å². The Kier molecular flexibility index (Phi) is 5.07. The summed E-state index contributed by atoms with van der Waals surface area (Å²) in [5.74, 6) is 0. The van der Waals surface area contributed by atoms with Crippen molar-refractivity contribution in [1.29, 1.82) is 0 Å². The van der Waals surface area contributed by atoms with Crippen LogP contribution < -0.4 is 5.32 Å². The van der Waals surface area contributed by atoms with Crippen LogP contribution >= 0.6 is 38.9 Å². The molecule has 0 aliphatic heterocycles. The predicted molar refractivity (Wildman–Crippen MR) is 88.4 cm³/mol. The maximum Gasteiger partial charge on any atom is 0.0887 e. The minimum Gasteiger partial charge on any atom is -0.312 e. The summed E-state index contributed by atoms with van der Waals surface area (Å²) in [5, 5.41) is 4.18. The Morgan fingerprint density at radius 1 is 1.32 bits per heavy atom. The van der Waals surface area contributed by atoms with E-state index in [0.29, 0.717) is 6.04 Å². The smallest absolute Gasteiger partial charge is 0.0887 e. The normalized spacial score (nSPS) is 12.7. The molecule has 0 aliphatic carbocycles. The van der Waals surface area contributed by atoms with Gasteiger partial charge in [0, 0.05) is 10.9 Å². The summed E-state index contributed by atoms with van der Waals surface area (Å²) in [6.45, 7) is 4.30. The molecule has 4 heteroatoms. The van der Waals surface area contributed by atoms with Gasteiger partial charge in [0.2, 0.25) is 0 Å². The highest BCUT2D eigenvalue weighted by molar-refractivity contribution is 9.11. The number of aryl methyl sites for hydroxylation is 2. The molecule has 0 amide bonds. The fourth-order valence-electron chi connectivity index (χ4n) is 2.12. The summed E-state index contributed by atoms with van der Waals surface area (Å²) in [5.41, 5.74) is 4.04. The number of thiophene rings is 1. The molecule has 0 radical (unpaired) electrons. The summed E-state index contributed by atoms with van der Waals surface area (Å²) in [4.78, 5) is 1.26. The largest absolute Gasteiger partial charge is 0.312 e. The minimum atomic E-state index is 0.300. The van der Waals surface area contributed by atoms with Gasteiger partial charge in [0.1, 0.15) is 0 Å². The number of benzene rings is 1. The molecule has 1 nitrogen and oxygen atoms in total. The van der Waals surface area contributed by atoms with Crippen molar-refractivity contribution < 1.29 is 0 Å². The fraction of sp³-hybridized carbons (Fsp3) is 0.333. The van der Waals surface area contributed by atoms with Crippen molar-refractivity contribution in [1.82, 2.24) is 5.32 Å². The van der Waals surface area contributed by atoms with Crippen LogP contribution in [0.2, 0.25) is 5.02 Å². The van der Waals surface area contributed by atoms with Gasteiger partial charge in [0.05, 0.1) is 8.81 Å².